The number of benzene rings is 1. The van der Waals surface area contributed by atoms with E-state index >= 15 is 0 Å². The molecule has 0 aliphatic carbocycles. The van der Waals surface area contributed by atoms with Crippen molar-refractivity contribution in [2.45, 2.75) is 6.42 Å². The molecule has 102 valence electrons. The predicted molar refractivity (Wildman–Crippen MR) is 75.0 cm³/mol. The van der Waals surface area contributed by atoms with E-state index in [1.54, 1.807) is 12.3 Å². The van der Waals surface area contributed by atoms with Crippen molar-refractivity contribution < 1.29 is 9.53 Å². The molecule has 5 nitrogen and oxygen atoms in total. The lowest BCUT2D eigenvalue weighted by atomic mass is 10.1. The van der Waals surface area contributed by atoms with Crippen LogP contribution in [0.15, 0.2) is 42.6 Å². The summed E-state index contributed by atoms with van der Waals surface area (Å²) in [6.07, 6.45) is 2.42. The zero-order valence-electron chi connectivity index (χ0n) is 11.0. The maximum Gasteiger partial charge on any atom is 0.231 e. The van der Waals surface area contributed by atoms with Gasteiger partial charge in [0.05, 0.1) is 12.5 Å². The molecule has 2 aromatic rings. The molecule has 1 aliphatic heterocycles. The second-order valence-corrected chi connectivity index (χ2v) is 4.68. The Hall–Kier alpha value is -2.27. The Kier molecular flexibility index (Phi) is 3.69. The number of carbonyl (C=O) groups excluding carboxylic acids is 1. The van der Waals surface area contributed by atoms with Crippen LogP contribution in [0.2, 0.25) is 0 Å². The Balaban J connectivity index is 1.76. The fourth-order valence-corrected chi connectivity index (χ4v) is 2.12. The van der Waals surface area contributed by atoms with Crippen molar-refractivity contribution in [1.29, 1.82) is 0 Å². The van der Waals surface area contributed by atoms with Gasteiger partial charge < -0.3 is 10.1 Å². The first-order chi connectivity index (χ1) is 9.83. The Morgan fingerprint density at radius 3 is 2.85 bits per heavy atom. The molecule has 0 bridgehead atoms. The number of nitrogens with one attached hydrogen (secondary N) is 1. The van der Waals surface area contributed by atoms with Crippen LogP contribution in [0.5, 0.6) is 0 Å². The van der Waals surface area contributed by atoms with E-state index in [0.717, 1.165) is 12.0 Å². The molecule has 1 fully saturated rings. The molecule has 1 amide bonds. The van der Waals surface area contributed by atoms with Gasteiger partial charge in [0, 0.05) is 18.4 Å². The third-order valence-corrected chi connectivity index (χ3v) is 3.24. The topological polar surface area (TPSA) is 64.1 Å². The lowest BCUT2D eigenvalue weighted by molar-refractivity contribution is -0.119. The molecule has 3 rings (SSSR count). The van der Waals surface area contributed by atoms with E-state index in [-0.39, 0.29) is 11.8 Å². The maximum absolute atomic E-state index is 12.0. The van der Waals surface area contributed by atoms with Gasteiger partial charge in [0.1, 0.15) is 5.82 Å². The maximum atomic E-state index is 12.0. The third kappa shape index (κ3) is 2.83. The number of hydrogen-bond donors (Lipinski definition) is 1. The number of hydrogen-bond acceptors (Lipinski definition) is 4. The van der Waals surface area contributed by atoms with Crippen molar-refractivity contribution in [2.75, 3.05) is 18.5 Å². The number of anilines is 1. The minimum atomic E-state index is -0.0786. The number of aromatic nitrogens is 2. The van der Waals surface area contributed by atoms with Crippen LogP contribution < -0.4 is 5.32 Å². The molecule has 0 unspecified atom stereocenters. The molecule has 20 heavy (non-hydrogen) atoms. The van der Waals surface area contributed by atoms with E-state index in [1.165, 1.54) is 0 Å². The quantitative estimate of drug-likeness (QED) is 0.927. The van der Waals surface area contributed by atoms with E-state index in [4.69, 9.17) is 4.74 Å². The highest BCUT2D eigenvalue weighted by atomic mass is 16.5. The van der Waals surface area contributed by atoms with Crippen LogP contribution in [0, 0.1) is 5.92 Å². The lowest BCUT2D eigenvalue weighted by Crippen LogP contribution is -2.23. The SMILES string of the molecule is O=C(Nc1ccnc(-c2ccccc2)n1)[C@H]1CCOC1. The molecular weight excluding hydrogens is 254 g/mol. The number of carbonyl (C=O) groups is 1. The van der Waals surface area contributed by atoms with E-state index < -0.39 is 0 Å². The van der Waals surface area contributed by atoms with Crippen LogP contribution in [0.1, 0.15) is 6.42 Å². The zero-order chi connectivity index (χ0) is 13.8. The minimum absolute atomic E-state index is 0.0415. The largest absolute Gasteiger partial charge is 0.381 e. The summed E-state index contributed by atoms with van der Waals surface area (Å²) in [6, 6.07) is 11.4. The summed E-state index contributed by atoms with van der Waals surface area (Å²) in [4.78, 5) is 20.6. The number of ether oxygens (including phenoxy) is 1. The molecule has 1 aromatic carbocycles. The highest BCUT2D eigenvalue weighted by molar-refractivity contribution is 5.92. The highest BCUT2D eigenvalue weighted by Crippen LogP contribution is 2.17. The standard InChI is InChI=1S/C15H15N3O2/c19-15(12-7-9-20-10-12)18-13-6-8-16-14(17-13)11-4-2-1-3-5-11/h1-6,8,12H,7,9-10H2,(H,16,17,18,19)/t12-/m0/s1. The van der Waals surface area contributed by atoms with E-state index in [0.29, 0.717) is 24.9 Å². The van der Waals surface area contributed by atoms with Gasteiger partial charge in [-0.15, -0.1) is 0 Å². The first-order valence-corrected chi connectivity index (χ1v) is 6.60. The molecular formula is C15H15N3O2. The molecule has 2 heterocycles. The first kappa shape index (κ1) is 12.7. The average molecular weight is 269 g/mol. The molecule has 0 saturated carbocycles. The summed E-state index contributed by atoms with van der Waals surface area (Å²) in [5, 5.41) is 2.82. The molecule has 1 saturated heterocycles. The summed E-state index contributed by atoms with van der Waals surface area (Å²) in [5.74, 6) is 1.01. The van der Waals surface area contributed by atoms with Crippen LogP contribution in [-0.4, -0.2) is 29.1 Å². The average Bonchev–Trinajstić information content (AvgIpc) is 3.03. The normalized spacial score (nSPS) is 17.9. The fourth-order valence-electron chi connectivity index (χ4n) is 2.12. The van der Waals surface area contributed by atoms with Crippen molar-refractivity contribution in [3.05, 3.63) is 42.6 Å². The van der Waals surface area contributed by atoms with Gasteiger partial charge in [-0.3, -0.25) is 4.79 Å². The number of amides is 1. The monoisotopic (exact) mass is 269 g/mol. The van der Waals surface area contributed by atoms with Gasteiger partial charge in [-0.1, -0.05) is 30.3 Å². The highest BCUT2D eigenvalue weighted by Gasteiger charge is 2.23. The Morgan fingerprint density at radius 2 is 2.10 bits per heavy atom. The van der Waals surface area contributed by atoms with Crippen molar-refractivity contribution >= 4 is 11.7 Å². The number of rotatable bonds is 3. The van der Waals surface area contributed by atoms with Gasteiger partial charge in [0.15, 0.2) is 5.82 Å². The smallest absolute Gasteiger partial charge is 0.231 e. The van der Waals surface area contributed by atoms with Crippen molar-refractivity contribution in [1.82, 2.24) is 9.97 Å². The van der Waals surface area contributed by atoms with Gasteiger partial charge in [-0.25, -0.2) is 9.97 Å². The van der Waals surface area contributed by atoms with Crippen LogP contribution >= 0.6 is 0 Å². The van der Waals surface area contributed by atoms with Crippen LogP contribution in [0.4, 0.5) is 5.82 Å². The second-order valence-electron chi connectivity index (χ2n) is 4.68. The van der Waals surface area contributed by atoms with Crippen LogP contribution in [-0.2, 0) is 9.53 Å². The van der Waals surface area contributed by atoms with Crippen molar-refractivity contribution in [3.8, 4) is 11.4 Å². The van der Waals surface area contributed by atoms with E-state index in [2.05, 4.69) is 15.3 Å². The molecule has 1 atom stereocenters. The van der Waals surface area contributed by atoms with Gasteiger partial charge in [0.25, 0.3) is 0 Å². The van der Waals surface area contributed by atoms with E-state index in [9.17, 15) is 4.79 Å². The first-order valence-electron chi connectivity index (χ1n) is 6.60. The minimum Gasteiger partial charge on any atom is -0.381 e. The zero-order valence-corrected chi connectivity index (χ0v) is 11.0. The van der Waals surface area contributed by atoms with Gasteiger partial charge >= 0.3 is 0 Å². The second kappa shape index (κ2) is 5.79. The van der Waals surface area contributed by atoms with Crippen molar-refractivity contribution in [2.24, 2.45) is 5.92 Å². The number of nitrogens with zero attached hydrogens (tertiary/aromatic N) is 2. The third-order valence-electron chi connectivity index (χ3n) is 3.24. The summed E-state index contributed by atoms with van der Waals surface area (Å²) >= 11 is 0. The lowest BCUT2D eigenvalue weighted by Gasteiger charge is -2.09. The van der Waals surface area contributed by atoms with Gasteiger partial charge in [0.2, 0.25) is 5.91 Å². The summed E-state index contributed by atoms with van der Waals surface area (Å²) < 4.78 is 5.22. The van der Waals surface area contributed by atoms with Crippen molar-refractivity contribution in [3.63, 3.8) is 0 Å². The summed E-state index contributed by atoms with van der Waals surface area (Å²) in [6.45, 7) is 1.14. The molecule has 1 aromatic heterocycles. The van der Waals surface area contributed by atoms with Gasteiger partial charge in [-0.2, -0.15) is 0 Å². The predicted octanol–water partition coefficient (Wildman–Crippen LogP) is 2.12. The Bertz CT molecular complexity index is 595. The molecule has 0 radical (unpaired) electrons. The summed E-state index contributed by atoms with van der Waals surface area (Å²) in [5.41, 5.74) is 0.924. The molecule has 0 spiro atoms. The Labute approximate surface area is 117 Å². The summed E-state index contributed by atoms with van der Waals surface area (Å²) in [7, 11) is 0. The Morgan fingerprint density at radius 1 is 1.25 bits per heavy atom. The van der Waals surface area contributed by atoms with Crippen LogP contribution in [0.25, 0.3) is 11.4 Å². The van der Waals surface area contributed by atoms with Gasteiger partial charge in [-0.05, 0) is 12.5 Å². The fraction of sp³-hybridized carbons (Fsp3) is 0.267. The molecule has 5 heteroatoms. The van der Waals surface area contributed by atoms with Crippen LogP contribution in [0.3, 0.4) is 0 Å². The molecule has 1 aliphatic rings. The van der Waals surface area contributed by atoms with E-state index in [1.807, 2.05) is 30.3 Å². The molecule has 1 N–H and O–H groups in total.